The summed E-state index contributed by atoms with van der Waals surface area (Å²) in [5.41, 5.74) is 4.12. The van der Waals surface area contributed by atoms with Crippen LogP contribution in [-0.2, 0) is 24.2 Å². The number of nitrogens with zero attached hydrogens (tertiary/aromatic N) is 2. The summed E-state index contributed by atoms with van der Waals surface area (Å²) in [7, 11) is 3.24. The van der Waals surface area contributed by atoms with Crippen molar-refractivity contribution in [1.29, 1.82) is 0 Å². The predicted octanol–water partition coefficient (Wildman–Crippen LogP) is 7.32. The van der Waals surface area contributed by atoms with E-state index in [1.54, 1.807) is 30.5 Å². The van der Waals surface area contributed by atoms with Gasteiger partial charge in [0.05, 0.1) is 20.8 Å². The molecule has 1 aromatic heterocycles. The number of hydrogen-bond donors (Lipinski definition) is 0. The van der Waals surface area contributed by atoms with E-state index in [1.165, 1.54) is 36.8 Å². The highest BCUT2D eigenvalue weighted by atomic mass is 32.1. The van der Waals surface area contributed by atoms with Gasteiger partial charge in [-0.1, -0.05) is 51.3 Å². The Bertz CT molecular complexity index is 1240. The molecule has 6 nitrogen and oxygen atoms in total. The first-order chi connectivity index (χ1) is 19.9. The summed E-state index contributed by atoms with van der Waals surface area (Å²) in [4.78, 5) is 32.0. The van der Waals surface area contributed by atoms with Crippen molar-refractivity contribution in [2.75, 3.05) is 33.9 Å². The lowest BCUT2D eigenvalue weighted by molar-refractivity contribution is -0.132. The second-order valence-corrected chi connectivity index (χ2v) is 11.5. The van der Waals surface area contributed by atoms with Gasteiger partial charge in [-0.05, 0) is 85.0 Å². The van der Waals surface area contributed by atoms with E-state index in [4.69, 9.17) is 9.47 Å². The van der Waals surface area contributed by atoms with Crippen molar-refractivity contribution in [3.05, 3.63) is 81.0 Å². The standard InChI is InChI=1S/C34H46N2O4S/c1-6-8-9-10-11-27-12-15-29(16-13-27)34(38)36(20-7-2)25-33(37)35(24-32-26(3)19-22-41-32)21-18-28-14-17-30(39-4)31(23-28)40-5/h12-17,19,22-23H,6-11,18,20-21,24-25H2,1-5H3. The van der Waals surface area contributed by atoms with Gasteiger partial charge in [0.15, 0.2) is 11.5 Å². The third-order valence-corrected chi connectivity index (χ3v) is 8.41. The Kier molecular flexibility index (Phi) is 13.2. The van der Waals surface area contributed by atoms with Crippen molar-refractivity contribution in [1.82, 2.24) is 9.80 Å². The molecule has 0 aliphatic carbocycles. The van der Waals surface area contributed by atoms with Gasteiger partial charge in [-0.25, -0.2) is 0 Å². The van der Waals surface area contributed by atoms with Crippen LogP contribution in [0.2, 0.25) is 0 Å². The fourth-order valence-corrected chi connectivity index (χ4v) is 5.79. The molecular weight excluding hydrogens is 532 g/mol. The van der Waals surface area contributed by atoms with Gasteiger partial charge < -0.3 is 19.3 Å². The van der Waals surface area contributed by atoms with Gasteiger partial charge in [0.25, 0.3) is 5.91 Å². The molecule has 41 heavy (non-hydrogen) atoms. The highest BCUT2D eigenvalue weighted by Gasteiger charge is 2.23. The number of methoxy groups -OCH3 is 2. The molecule has 2 amide bonds. The summed E-state index contributed by atoms with van der Waals surface area (Å²) < 4.78 is 10.8. The van der Waals surface area contributed by atoms with E-state index in [-0.39, 0.29) is 18.4 Å². The minimum Gasteiger partial charge on any atom is -0.493 e. The zero-order chi connectivity index (χ0) is 29.6. The molecule has 222 valence electrons. The van der Waals surface area contributed by atoms with Crippen molar-refractivity contribution in [2.24, 2.45) is 0 Å². The van der Waals surface area contributed by atoms with Gasteiger partial charge in [0, 0.05) is 23.5 Å². The molecular formula is C34H46N2O4S. The summed E-state index contributed by atoms with van der Waals surface area (Å²) in [6, 6.07) is 15.9. The van der Waals surface area contributed by atoms with Gasteiger partial charge in [0.1, 0.15) is 6.54 Å². The van der Waals surface area contributed by atoms with Crippen LogP contribution in [0, 0.1) is 6.92 Å². The average molecular weight is 579 g/mol. The molecule has 3 rings (SSSR count). The maximum atomic E-state index is 13.8. The lowest BCUT2D eigenvalue weighted by Gasteiger charge is -2.28. The van der Waals surface area contributed by atoms with Crippen LogP contribution in [0.25, 0.3) is 0 Å². The van der Waals surface area contributed by atoms with Crippen molar-refractivity contribution in [2.45, 2.75) is 72.3 Å². The molecule has 7 heteroatoms. The van der Waals surface area contributed by atoms with Crippen LogP contribution in [-0.4, -0.2) is 55.5 Å². The van der Waals surface area contributed by atoms with Crippen LogP contribution < -0.4 is 9.47 Å². The molecule has 0 fully saturated rings. The third kappa shape index (κ3) is 9.63. The van der Waals surface area contributed by atoms with E-state index in [0.717, 1.165) is 23.3 Å². The molecule has 0 N–H and O–H groups in total. The summed E-state index contributed by atoms with van der Waals surface area (Å²) >= 11 is 1.66. The van der Waals surface area contributed by atoms with Gasteiger partial charge in [-0.2, -0.15) is 0 Å². The number of amides is 2. The number of carbonyl (C=O) groups is 2. The van der Waals surface area contributed by atoms with Crippen molar-refractivity contribution in [3.8, 4) is 11.5 Å². The predicted molar refractivity (Wildman–Crippen MR) is 168 cm³/mol. The number of thiophene rings is 1. The third-order valence-electron chi connectivity index (χ3n) is 7.40. The quantitative estimate of drug-likeness (QED) is 0.158. The van der Waals surface area contributed by atoms with E-state index in [1.807, 2.05) is 42.2 Å². The zero-order valence-electron chi connectivity index (χ0n) is 25.4. The molecule has 0 saturated heterocycles. The van der Waals surface area contributed by atoms with Crippen LogP contribution in [0.1, 0.15) is 77.9 Å². The Hall–Kier alpha value is -3.32. The van der Waals surface area contributed by atoms with Gasteiger partial charge in [-0.3, -0.25) is 9.59 Å². The highest BCUT2D eigenvalue weighted by Crippen LogP contribution is 2.28. The molecule has 0 atom stereocenters. The first-order valence-corrected chi connectivity index (χ1v) is 15.7. The molecule has 0 unspecified atom stereocenters. The monoisotopic (exact) mass is 578 g/mol. The molecule has 0 radical (unpaired) electrons. The summed E-state index contributed by atoms with van der Waals surface area (Å²) in [6.45, 7) is 7.97. The first kappa shape index (κ1) is 32.2. The molecule has 3 aromatic rings. The summed E-state index contributed by atoms with van der Waals surface area (Å²) in [6.07, 6.45) is 7.36. The molecule has 2 aromatic carbocycles. The second-order valence-electron chi connectivity index (χ2n) is 10.5. The van der Waals surface area contributed by atoms with Gasteiger partial charge in [0.2, 0.25) is 5.91 Å². The Balaban J connectivity index is 1.72. The molecule has 0 spiro atoms. The SMILES string of the molecule is CCCCCCc1ccc(C(=O)N(CCC)CC(=O)N(CCc2ccc(OC)c(OC)c2)Cc2sccc2C)cc1. The molecule has 0 bridgehead atoms. The first-order valence-electron chi connectivity index (χ1n) is 14.8. The number of ether oxygens (including phenoxy) is 2. The fraction of sp³-hybridized carbons (Fsp3) is 0.471. The van der Waals surface area contributed by atoms with Crippen LogP contribution in [0.15, 0.2) is 53.9 Å². The summed E-state index contributed by atoms with van der Waals surface area (Å²) in [5, 5.41) is 2.06. The minimum atomic E-state index is -0.0927. The smallest absolute Gasteiger partial charge is 0.254 e. The largest absolute Gasteiger partial charge is 0.493 e. The molecule has 1 heterocycles. The maximum Gasteiger partial charge on any atom is 0.254 e. The summed E-state index contributed by atoms with van der Waals surface area (Å²) in [5.74, 6) is 1.21. The molecule has 0 aliphatic heterocycles. The Morgan fingerprint density at radius 1 is 0.780 bits per heavy atom. The van der Waals surface area contributed by atoms with Crippen LogP contribution in [0.3, 0.4) is 0 Å². The van der Waals surface area contributed by atoms with E-state index in [0.29, 0.717) is 43.1 Å². The normalized spacial score (nSPS) is 10.9. The number of carbonyl (C=O) groups excluding carboxylic acids is 2. The van der Waals surface area contributed by atoms with Crippen molar-refractivity contribution >= 4 is 23.2 Å². The highest BCUT2D eigenvalue weighted by molar-refractivity contribution is 7.10. The second kappa shape index (κ2) is 16.8. The zero-order valence-corrected chi connectivity index (χ0v) is 26.2. The number of rotatable bonds is 17. The van der Waals surface area contributed by atoms with E-state index in [2.05, 4.69) is 37.4 Å². The van der Waals surface area contributed by atoms with Crippen molar-refractivity contribution in [3.63, 3.8) is 0 Å². The van der Waals surface area contributed by atoms with Crippen LogP contribution in [0.4, 0.5) is 0 Å². The number of unbranched alkanes of at least 4 members (excludes halogenated alkanes) is 3. The Labute approximate surface area is 250 Å². The Morgan fingerprint density at radius 2 is 1.51 bits per heavy atom. The Morgan fingerprint density at radius 3 is 2.15 bits per heavy atom. The van der Waals surface area contributed by atoms with Crippen molar-refractivity contribution < 1.29 is 19.1 Å². The number of benzene rings is 2. The van der Waals surface area contributed by atoms with Gasteiger partial charge >= 0.3 is 0 Å². The number of aryl methyl sites for hydroxylation is 2. The van der Waals surface area contributed by atoms with E-state index in [9.17, 15) is 9.59 Å². The van der Waals surface area contributed by atoms with E-state index >= 15 is 0 Å². The minimum absolute atomic E-state index is 0.0485. The lowest BCUT2D eigenvalue weighted by atomic mass is 10.0. The maximum absolute atomic E-state index is 13.8. The van der Waals surface area contributed by atoms with Crippen LogP contribution in [0.5, 0.6) is 11.5 Å². The molecule has 0 saturated carbocycles. The van der Waals surface area contributed by atoms with Crippen LogP contribution >= 0.6 is 11.3 Å². The number of hydrogen-bond acceptors (Lipinski definition) is 5. The van der Waals surface area contributed by atoms with Gasteiger partial charge in [-0.15, -0.1) is 11.3 Å². The topological polar surface area (TPSA) is 59.1 Å². The fourth-order valence-electron chi connectivity index (χ4n) is 4.87. The lowest BCUT2D eigenvalue weighted by Crippen LogP contribution is -2.43. The molecule has 0 aliphatic rings. The average Bonchev–Trinajstić information content (AvgIpc) is 3.40. The van der Waals surface area contributed by atoms with E-state index < -0.39 is 0 Å².